The third kappa shape index (κ3) is 4.60. The van der Waals surface area contributed by atoms with Gasteiger partial charge in [-0.25, -0.2) is 4.79 Å². The first-order valence-corrected chi connectivity index (χ1v) is 7.44. The number of aryl methyl sites for hydroxylation is 1. The van der Waals surface area contributed by atoms with Crippen molar-refractivity contribution in [2.45, 2.75) is 19.8 Å². The summed E-state index contributed by atoms with van der Waals surface area (Å²) in [6.07, 6.45) is 1.05. The van der Waals surface area contributed by atoms with E-state index in [0.29, 0.717) is 31.8 Å². The van der Waals surface area contributed by atoms with E-state index >= 15 is 0 Å². The summed E-state index contributed by atoms with van der Waals surface area (Å²) in [7, 11) is 0. The number of amides is 1. The van der Waals surface area contributed by atoms with Gasteiger partial charge in [-0.05, 0) is 18.6 Å². The topological polar surface area (TPSA) is 88.8 Å². The minimum atomic E-state index is -1.10. The molecule has 2 N–H and O–H groups in total. The van der Waals surface area contributed by atoms with E-state index in [-0.39, 0.29) is 11.3 Å². The van der Waals surface area contributed by atoms with Crippen LogP contribution < -0.4 is 10.1 Å². The second kappa shape index (κ2) is 8.03. The third-order valence-corrected chi connectivity index (χ3v) is 3.20. The van der Waals surface area contributed by atoms with E-state index in [1.54, 1.807) is 6.92 Å². The van der Waals surface area contributed by atoms with Crippen LogP contribution in [0.25, 0.3) is 0 Å². The molecule has 0 aliphatic rings. The Balaban J connectivity index is 1.78. The first-order chi connectivity index (χ1) is 11.1. The zero-order valence-electron chi connectivity index (χ0n) is 12.9. The summed E-state index contributed by atoms with van der Waals surface area (Å²) < 4.78 is 10.8. The SMILES string of the molecule is CCc1oc(C(=O)NCCCOc2ccccc2)cc1C(=O)O. The summed E-state index contributed by atoms with van der Waals surface area (Å²) >= 11 is 0. The molecule has 6 heteroatoms. The number of carboxylic acids is 1. The summed E-state index contributed by atoms with van der Waals surface area (Å²) in [6, 6.07) is 10.7. The predicted octanol–water partition coefficient (Wildman–Crippen LogP) is 2.74. The number of aromatic carboxylic acids is 1. The van der Waals surface area contributed by atoms with Crippen molar-refractivity contribution < 1.29 is 23.8 Å². The fourth-order valence-electron chi connectivity index (χ4n) is 2.05. The van der Waals surface area contributed by atoms with Gasteiger partial charge in [0.1, 0.15) is 17.1 Å². The average molecular weight is 317 g/mol. The average Bonchev–Trinajstić information content (AvgIpc) is 3.00. The highest BCUT2D eigenvalue weighted by molar-refractivity contribution is 5.96. The first kappa shape index (κ1) is 16.6. The van der Waals surface area contributed by atoms with Gasteiger partial charge in [0.05, 0.1) is 6.61 Å². The molecule has 1 aromatic heterocycles. The van der Waals surface area contributed by atoms with Gasteiger partial charge in [-0.1, -0.05) is 25.1 Å². The van der Waals surface area contributed by atoms with E-state index in [1.807, 2.05) is 30.3 Å². The van der Waals surface area contributed by atoms with Crippen LogP contribution in [0.2, 0.25) is 0 Å². The molecule has 0 spiro atoms. The van der Waals surface area contributed by atoms with Gasteiger partial charge in [0.15, 0.2) is 5.76 Å². The van der Waals surface area contributed by atoms with Gasteiger partial charge < -0.3 is 19.6 Å². The maximum atomic E-state index is 11.9. The van der Waals surface area contributed by atoms with Crippen molar-refractivity contribution in [3.63, 3.8) is 0 Å². The van der Waals surface area contributed by atoms with Crippen LogP contribution in [0.4, 0.5) is 0 Å². The molecular weight excluding hydrogens is 298 g/mol. The molecule has 6 nitrogen and oxygen atoms in total. The number of para-hydroxylation sites is 1. The number of carboxylic acid groups (broad SMARTS) is 1. The molecule has 2 rings (SSSR count). The van der Waals surface area contributed by atoms with Crippen molar-refractivity contribution in [1.82, 2.24) is 5.32 Å². The van der Waals surface area contributed by atoms with Crippen LogP contribution >= 0.6 is 0 Å². The van der Waals surface area contributed by atoms with Crippen LogP contribution in [0, 0.1) is 0 Å². The van der Waals surface area contributed by atoms with Crippen LogP contribution in [0.15, 0.2) is 40.8 Å². The Morgan fingerprint density at radius 3 is 2.61 bits per heavy atom. The van der Waals surface area contributed by atoms with Crippen LogP contribution in [0.3, 0.4) is 0 Å². The lowest BCUT2D eigenvalue weighted by molar-refractivity contribution is 0.0694. The van der Waals surface area contributed by atoms with E-state index in [0.717, 1.165) is 5.75 Å². The maximum Gasteiger partial charge on any atom is 0.339 e. The van der Waals surface area contributed by atoms with Crippen LogP contribution in [-0.4, -0.2) is 30.1 Å². The Bertz CT molecular complexity index is 663. The Morgan fingerprint density at radius 2 is 2.00 bits per heavy atom. The number of furan rings is 1. The standard InChI is InChI=1S/C17H19NO5/c1-2-14-13(17(20)21)11-15(23-14)16(19)18-9-6-10-22-12-7-4-3-5-8-12/h3-5,7-8,11H,2,6,9-10H2,1H3,(H,18,19)(H,20,21). The van der Waals surface area contributed by atoms with Crippen molar-refractivity contribution in [3.8, 4) is 5.75 Å². The van der Waals surface area contributed by atoms with Crippen LogP contribution in [0.5, 0.6) is 5.75 Å². The Kier molecular flexibility index (Phi) is 5.80. The molecule has 1 heterocycles. The number of hydrogen-bond donors (Lipinski definition) is 2. The summed E-state index contributed by atoms with van der Waals surface area (Å²) in [4.78, 5) is 23.0. The fourth-order valence-corrected chi connectivity index (χ4v) is 2.05. The molecule has 0 aliphatic heterocycles. The Hall–Kier alpha value is -2.76. The zero-order chi connectivity index (χ0) is 16.7. The molecule has 2 aromatic rings. The number of carbonyl (C=O) groups excluding carboxylic acids is 1. The summed E-state index contributed by atoms with van der Waals surface area (Å²) in [5.74, 6) is -0.422. The monoisotopic (exact) mass is 317 g/mol. The summed E-state index contributed by atoms with van der Waals surface area (Å²) in [6.45, 7) is 2.66. The quantitative estimate of drug-likeness (QED) is 0.731. The lowest BCUT2D eigenvalue weighted by atomic mass is 10.2. The summed E-state index contributed by atoms with van der Waals surface area (Å²) in [5, 5.41) is 11.7. The van der Waals surface area contributed by atoms with Gasteiger partial charge in [-0.2, -0.15) is 0 Å². The smallest absolute Gasteiger partial charge is 0.339 e. The van der Waals surface area contributed by atoms with Gasteiger partial charge >= 0.3 is 5.97 Å². The molecule has 23 heavy (non-hydrogen) atoms. The normalized spacial score (nSPS) is 10.3. The molecule has 0 fully saturated rings. The van der Waals surface area contributed by atoms with Crippen molar-refractivity contribution >= 4 is 11.9 Å². The van der Waals surface area contributed by atoms with Gasteiger partial charge in [-0.3, -0.25) is 4.79 Å². The lowest BCUT2D eigenvalue weighted by Crippen LogP contribution is -2.25. The number of nitrogens with one attached hydrogen (secondary N) is 1. The van der Waals surface area contributed by atoms with E-state index in [9.17, 15) is 9.59 Å². The molecule has 122 valence electrons. The Morgan fingerprint density at radius 1 is 1.26 bits per heavy atom. The van der Waals surface area contributed by atoms with E-state index < -0.39 is 11.9 Å². The van der Waals surface area contributed by atoms with Crippen molar-refractivity contribution in [2.24, 2.45) is 0 Å². The minimum Gasteiger partial charge on any atom is -0.494 e. The molecular formula is C17H19NO5. The maximum absolute atomic E-state index is 11.9. The molecule has 0 radical (unpaired) electrons. The number of benzene rings is 1. The highest BCUT2D eigenvalue weighted by atomic mass is 16.5. The van der Waals surface area contributed by atoms with Gasteiger partial charge in [0.2, 0.25) is 0 Å². The second-order valence-electron chi connectivity index (χ2n) is 4.88. The van der Waals surface area contributed by atoms with Gasteiger partial charge in [-0.15, -0.1) is 0 Å². The highest BCUT2D eigenvalue weighted by Gasteiger charge is 2.19. The summed E-state index contributed by atoms with van der Waals surface area (Å²) in [5.41, 5.74) is 0.0325. The molecule has 0 bridgehead atoms. The molecule has 1 aromatic carbocycles. The largest absolute Gasteiger partial charge is 0.494 e. The number of rotatable bonds is 8. The zero-order valence-corrected chi connectivity index (χ0v) is 12.9. The van der Waals surface area contributed by atoms with E-state index in [2.05, 4.69) is 5.32 Å². The number of carbonyl (C=O) groups is 2. The number of ether oxygens (including phenoxy) is 1. The molecule has 0 aliphatic carbocycles. The number of hydrogen-bond acceptors (Lipinski definition) is 4. The second-order valence-corrected chi connectivity index (χ2v) is 4.88. The third-order valence-electron chi connectivity index (χ3n) is 3.20. The van der Waals surface area contributed by atoms with Crippen LogP contribution in [0.1, 0.15) is 40.0 Å². The molecule has 1 amide bonds. The van der Waals surface area contributed by atoms with Gasteiger partial charge in [0.25, 0.3) is 5.91 Å². The van der Waals surface area contributed by atoms with Gasteiger partial charge in [0, 0.05) is 19.0 Å². The molecule has 0 atom stereocenters. The van der Waals surface area contributed by atoms with Crippen LogP contribution in [-0.2, 0) is 6.42 Å². The Labute approximate surface area is 134 Å². The predicted molar refractivity (Wildman–Crippen MR) is 83.9 cm³/mol. The molecule has 0 unspecified atom stereocenters. The minimum absolute atomic E-state index is 0.0169. The fraction of sp³-hybridized carbons (Fsp3) is 0.294. The van der Waals surface area contributed by atoms with E-state index in [1.165, 1.54) is 6.07 Å². The van der Waals surface area contributed by atoms with Crippen molar-refractivity contribution in [3.05, 3.63) is 53.5 Å². The molecule has 0 saturated heterocycles. The van der Waals surface area contributed by atoms with Crippen molar-refractivity contribution in [2.75, 3.05) is 13.2 Å². The first-order valence-electron chi connectivity index (χ1n) is 7.44. The lowest BCUT2D eigenvalue weighted by Gasteiger charge is -2.06. The molecule has 0 saturated carbocycles. The van der Waals surface area contributed by atoms with Crippen molar-refractivity contribution in [1.29, 1.82) is 0 Å². The van der Waals surface area contributed by atoms with E-state index in [4.69, 9.17) is 14.3 Å². The highest BCUT2D eigenvalue weighted by Crippen LogP contribution is 2.16.